The third-order valence-corrected chi connectivity index (χ3v) is 0. The van der Waals surface area contributed by atoms with E-state index in [1.807, 2.05) is 0 Å². The van der Waals surface area contributed by atoms with Crippen molar-refractivity contribution in [2.75, 3.05) is 0 Å². The van der Waals surface area contributed by atoms with Crippen molar-refractivity contribution in [2.45, 2.75) is 0 Å². The second kappa shape index (κ2) is 40.0. The van der Waals surface area contributed by atoms with Crippen molar-refractivity contribution in [1.82, 2.24) is 0 Å². The van der Waals surface area contributed by atoms with Gasteiger partial charge in [-0.2, -0.15) is 0 Å². The fraction of sp³-hybridized carbons (Fsp3) is 0. The molecule has 0 aromatic heterocycles. The average Bonchev–Trinajstić information content (AvgIpc) is 0. The Balaban J connectivity index is 0. The summed E-state index contributed by atoms with van der Waals surface area (Å²) in [6.07, 6.45) is 0. The normalized spacial score (nSPS) is 0. The van der Waals surface area contributed by atoms with E-state index in [0.717, 1.165) is 0 Å². The van der Waals surface area contributed by atoms with E-state index < -0.39 is 0 Å². The van der Waals surface area contributed by atoms with Crippen LogP contribution in [0.15, 0.2) is 0 Å². The van der Waals surface area contributed by atoms with Gasteiger partial charge in [0.1, 0.15) is 0 Å². The van der Waals surface area contributed by atoms with E-state index in [4.69, 9.17) is 0 Å². The van der Waals surface area contributed by atoms with E-state index in [0.29, 0.717) is 0 Å². The van der Waals surface area contributed by atoms with Crippen molar-refractivity contribution in [3.63, 3.8) is 0 Å². The predicted molar refractivity (Wildman–Crippen MR) is 24.3 cm³/mol. The van der Waals surface area contributed by atoms with Crippen LogP contribution in [0.5, 0.6) is 0 Å². The first-order chi connectivity index (χ1) is 0. The molecule has 0 aromatic rings. The monoisotopic (exact) mass is 200 g/mol. The molecule has 0 heterocycles. The molecule has 0 bridgehead atoms. The third-order valence-electron chi connectivity index (χ3n) is 0. The molecule has 6 heavy (non-hydrogen) atoms. The number of rotatable bonds is 0. The molecule has 0 aliphatic heterocycles. The van der Waals surface area contributed by atoms with Gasteiger partial charge in [0.2, 0.25) is 0 Å². The first kappa shape index (κ1) is 57.7. The minimum absolute atomic E-state index is 0. The van der Waals surface area contributed by atoms with Gasteiger partial charge in [0.15, 0.2) is 0 Å². The standard InChI is InChI=1S/Ca.Mg.2H2O.2Ti.4H/h;;2*1H2;;;;;;. The van der Waals surface area contributed by atoms with Gasteiger partial charge in [-0.05, 0) is 0 Å². The predicted octanol–water partition coefficient (Wildman–Crippen LogP) is -3.49. The minimum atomic E-state index is 0. The summed E-state index contributed by atoms with van der Waals surface area (Å²) in [7, 11) is 0. The molecule has 0 atom stereocenters. The molecule has 6 heteroatoms. The molecular weight excluding hydrogens is 192 g/mol. The van der Waals surface area contributed by atoms with Gasteiger partial charge in [0, 0.05) is 43.4 Å². The van der Waals surface area contributed by atoms with Crippen molar-refractivity contribution in [3.05, 3.63) is 0 Å². The van der Waals surface area contributed by atoms with E-state index in [1.54, 1.807) is 0 Å². The van der Waals surface area contributed by atoms with E-state index in [1.165, 1.54) is 0 Å². The molecule has 2 nitrogen and oxygen atoms in total. The summed E-state index contributed by atoms with van der Waals surface area (Å²) in [5, 5.41) is 0. The SMILES string of the molecule is O.O.[CaH2].[MgH2].[Ti].[Ti]. The molecule has 0 saturated heterocycles. The van der Waals surface area contributed by atoms with Crippen molar-refractivity contribution in [2.24, 2.45) is 0 Å². The van der Waals surface area contributed by atoms with Gasteiger partial charge in [0.05, 0.1) is 0 Å². The largest absolute Gasteiger partial charge is 0.316 e. The van der Waals surface area contributed by atoms with Crippen LogP contribution in [0.25, 0.3) is 0 Å². The number of hydrogen-bond donors (Lipinski definition) is 0. The second-order valence-electron chi connectivity index (χ2n) is 0. The molecule has 4 N–H and O–H groups in total. The summed E-state index contributed by atoms with van der Waals surface area (Å²) in [6.45, 7) is 0. The fourth-order valence-electron chi connectivity index (χ4n) is 0. The van der Waals surface area contributed by atoms with Crippen LogP contribution < -0.4 is 0 Å². The molecule has 0 radical (unpaired) electrons. The van der Waals surface area contributed by atoms with Crippen LogP contribution in [0.2, 0.25) is 0 Å². The maximum Gasteiger partial charge on any atom is 0.316 e. The summed E-state index contributed by atoms with van der Waals surface area (Å²) in [6, 6.07) is 0. The molecule has 0 rings (SSSR count). The Morgan fingerprint density at radius 1 is 0.667 bits per heavy atom. The summed E-state index contributed by atoms with van der Waals surface area (Å²) >= 11 is 0. The minimum Gasteiger partial charge on any atom is 0 e. The van der Waals surface area contributed by atoms with Gasteiger partial charge in [-0.1, -0.05) is 0 Å². The van der Waals surface area contributed by atoms with Crippen LogP contribution in [0.1, 0.15) is 0 Å². The van der Waals surface area contributed by atoms with Gasteiger partial charge in [-0.25, -0.2) is 0 Å². The zero-order valence-electron chi connectivity index (χ0n) is 2.00. The Kier molecular flexibility index (Phi) is 385. The van der Waals surface area contributed by atoms with Crippen LogP contribution in [0, 0.1) is 0 Å². The van der Waals surface area contributed by atoms with Crippen LogP contribution in [0.3, 0.4) is 0 Å². The quantitative estimate of drug-likeness (QED) is 0.364. The van der Waals surface area contributed by atoms with Gasteiger partial charge in [-0.15, -0.1) is 0 Å². The van der Waals surface area contributed by atoms with E-state index in [-0.39, 0.29) is 115 Å². The smallest absolute Gasteiger partial charge is 0 e. The molecule has 0 fully saturated rings. The number of hydrogen-bond acceptors (Lipinski definition) is 0. The second-order valence-corrected chi connectivity index (χ2v) is 0. The molecule has 0 aromatic carbocycles. The van der Waals surface area contributed by atoms with Gasteiger partial charge < -0.3 is 11.0 Å². The maximum absolute atomic E-state index is 0. The Hall–Kier alpha value is 3.37. The molecule has 0 spiro atoms. The first-order valence-corrected chi connectivity index (χ1v) is 0. The summed E-state index contributed by atoms with van der Waals surface area (Å²) in [5.41, 5.74) is 0. The molecule has 0 aliphatic rings. The molecule has 32 valence electrons. The Morgan fingerprint density at radius 3 is 0.667 bits per heavy atom. The molecule has 0 amide bonds. The fourth-order valence-corrected chi connectivity index (χ4v) is 0. The first-order valence-electron chi connectivity index (χ1n) is 0. The molecule has 0 saturated carbocycles. The van der Waals surface area contributed by atoms with Crippen LogP contribution >= 0.6 is 0 Å². The summed E-state index contributed by atoms with van der Waals surface area (Å²) in [5.74, 6) is 0. The Morgan fingerprint density at radius 2 is 0.667 bits per heavy atom. The third kappa shape index (κ3) is 26.3. The molecule has 0 unspecified atom stereocenters. The Labute approximate surface area is 113 Å². The zero-order valence-corrected chi connectivity index (χ0v) is 5.12. The van der Waals surface area contributed by atoms with Crippen LogP contribution in [-0.4, -0.2) is 71.7 Å². The molecule has 0 aliphatic carbocycles. The Bertz CT molecular complexity index is 11.5. The van der Waals surface area contributed by atoms with Gasteiger partial charge in [0.25, 0.3) is 0 Å². The maximum atomic E-state index is 0. The van der Waals surface area contributed by atoms with E-state index in [9.17, 15) is 0 Å². The molecular formula is H8CaMgO2Ti2. The summed E-state index contributed by atoms with van der Waals surface area (Å²) in [4.78, 5) is 0. The van der Waals surface area contributed by atoms with Gasteiger partial charge >= 0.3 is 60.8 Å². The van der Waals surface area contributed by atoms with Crippen molar-refractivity contribution in [3.8, 4) is 0 Å². The zero-order chi connectivity index (χ0) is 0. The van der Waals surface area contributed by atoms with Gasteiger partial charge in [-0.3, -0.25) is 0 Å². The van der Waals surface area contributed by atoms with E-state index in [2.05, 4.69) is 0 Å². The van der Waals surface area contributed by atoms with Crippen molar-refractivity contribution >= 4 is 60.8 Å². The topological polar surface area (TPSA) is 63.0 Å². The average molecular weight is 200 g/mol. The van der Waals surface area contributed by atoms with Crippen molar-refractivity contribution in [1.29, 1.82) is 0 Å². The van der Waals surface area contributed by atoms with Crippen LogP contribution in [0.4, 0.5) is 0 Å². The van der Waals surface area contributed by atoms with Crippen LogP contribution in [-0.2, 0) is 43.4 Å². The summed E-state index contributed by atoms with van der Waals surface area (Å²) < 4.78 is 0. The van der Waals surface area contributed by atoms with Crippen molar-refractivity contribution < 1.29 is 54.4 Å². The van der Waals surface area contributed by atoms with E-state index >= 15 is 0 Å².